The van der Waals surface area contributed by atoms with Crippen molar-refractivity contribution in [2.75, 3.05) is 0 Å². The third-order valence-electron chi connectivity index (χ3n) is 2.31. The molecule has 0 atom stereocenters. The first kappa shape index (κ1) is 9.87. The lowest BCUT2D eigenvalue weighted by Crippen LogP contribution is -2.32. The van der Waals surface area contributed by atoms with Crippen molar-refractivity contribution in [1.82, 2.24) is 4.98 Å². The zero-order chi connectivity index (χ0) is 10.3. The highest BCUT2D eigenvalue weighted by atomic mass is 35.5. The van der Waals surface area contributed by atoms with E-state index in [1.54, 1.807) is 6.07 Å². The lowest BCUT2D eigenvalue weighted by Gasteiger charge is -2.30. The maximum absolute atomic E-state index is 13.1. The molecule has 0 saturated carbocycles. The Hall–Kier alpha value is -0.670. The molecule has 1 aliphatic rings. The van der Waals surface area contributed by atoms with Gasteiger partial charge in [-0.2, -0.15) is 4.39 Å². The summed E-state index contributed by atoms with van der Waals surface area (Å²) in [6, 6.07) is 1.59. The van der Waals surface area contributed by atoms with Gasteiger partial charge in [-0.05, 0) is 19.9 Å². The molecule has 2 nitrogen and oxygen atoms in total. The number of hydrogen-bond acceptors (Lipinski definition) is 2. The molecule has 1 aromatic heterocycles. The van der Waals surface area contributed by atoms with Gasteiger partial charge in [-0.25, -0.2) is 4.98 Å². The lowest BCUT2D eigenvalue weighted by molar-refractivity contribution is -0.0415. The van der Waals surface area contributed by atoms with Crippen LogP contribution in [0.25, 0.3) is 0 Å². The van der Waals surface area contributed by atoms with Gasteiger partial charge >= 0.3 is 0 Å². The third-order valence-corrected chi connectivity index (χ3v) is 2.58. The van der Waals surface area contributed by atoms with E-state index >= 15 is 0 Å². The second-order valence-electron chi connectivity index (χ2n) is 4.09. The molecular formula is C10H11ClFNO. The van der Waals surface area contributed by atoms with Gasteiger partial charge in [0.15, 0.2) is 0 Å². The molecule has 0 aromatic carbocycles. The van der Waals surface area contributed by atoms with Crippen LogP contribution in [0.5, 0.6) is 0 Å². The van der Waals surface area contributed by atoms with E-state index in [0.29, 0.717) is 13.0 Å². The standard InChI is InChI=1S/C10H11ClFNO/c1-10(2)4-8-6(5-14-10)3-7(11)9(12)13-8/h3H,4-5H2,1-2H3. The minimum atomic E-state index is -0.594. The fourth-order valence-electron chi connectivity index (χ4n) is 1.54. The highest BCUT2D eigenvalue weighted by molar-refractivity contribution is 6.30. The highest BCUT2D eigenvalue weighted by Gasteiger charge is 2.27. The molecule has 76 valence electrons. The van der Waals surface area contributed by atoms with Gasteiger partial charge in [0.25, 0.3) is 0 Å². The van der Waals surface area contributed by atoms with Crippen LogP contribution < -0.4 is 0 Å². The first-order valence-corrected chi connectivity index (χ1v) is 4.83. The molecule has 2 heterocycles. The maximum Gasteiger partial charge on any atom is 0.231 e. The van der Waals surface area contributed by atoms with E-state index in [0.717, 1.165) is 11.3 Å². The zero-order valence-electron chi connectivity index (χ0n) is 8.10. The molecule has 0 fully saturated rings. The number of nitrogens with zero attached hydrogens (tertiary/aromatic N) is 1. The summed E-state index contributed by atoms with van der Waals surface area (Å²) >= 11 is 5.62. The van der Waals surface area contributed by atoms with Crippen molar-refractivity contribution >= 4 is 11.6 Å². The average Bonchev–Trinajstić information content (AvgIpc) is 2.07. The Morgan fingerprint density at radius 2 is 2.29 bits per heavy atom. The monoisotopic (exact) mass is 215 g/mol. The molecule has 1 aromatic rings. The van der Waals surface area contributed by atoms with E-state index in [2.05, 4.69) is 4.98 Å². The molecule has 0 amide bonds. The first-order chi connectivity index (χ1) is 6.48. The van der Waals surface area contributed by atoms with Crippen LogP contribution in [0, 0.1) is 5.95 Å². The molecule has 0 radical (unpaired) electrons. The molecule has 14 heavy (non-hydrogen) atoms. The SMILES string of the molecule is CC1(C)Cc2nc(F)c(Cl)cc2CO1. The molecule has 0 saturated heterocycles. The van der Waals surface area contributed by atoms with E-state index in [9.17, 15) is 4.39 Å². The van der Waals surface area contributed by atoms with Crippen molar-refractivity contribution in [3.05, 3.63) is 28.3 Å². The summed E-state index contributed by atoms with van der Waals surface area (Å²) in [6.07, 6.45) is 0.621. The quantitative estimate of drug-likeness (QED) is 0.621. The van der Waals surface area contributed by atoms with Crippen molar-refractivity contribution in [2.24, 2.45) is 0 Å². The van der Waals surface area contributed by atoms with Crippen LogP contribution in [0.2, 0.25) is 5.02 Å². The van der Waals surface area contributed by atoms with Gasteiger partial charge in [0, 0.05) is 12.0 Å². The number of ether oxygens (including phenoxy) is 1. The van der Waals surface area contributed by atoms with Gasteiger partial charge in [0.1, 0.15) is 0 Å². The van der Waals surface area contributed by atoms with Crippen molar-refractivity contribution in [3.8, 4) is 0 Å². The van der Waals surface area contributed by atoms with Gasteiger partial charge in [0.2, 0.25) is 5.95 Å². The Bertz CT molecular complexity index is 379. The first-order valence-electron chi connectivity index (χ1n) is 4.46. The number of halogens is 2. The fraction of sp³-hybridized carbons (Fsp3) is 0.500. The highest BCUT2D eigenvalue weighted by Crippen LogP contribution is 2.28. The Morgan fingerprint density at radius 3 is 3.00 bits per heavy atom. The smallest absolute Gasteiger partial charge is 0.231 e. The Morgan fingerprint density at radius 1 is 1.57 bits per heavy atom. The predicted octanol–water partition coefficient (Wildman–Crippen LogP) is 2.73. The summed E-state index contributed by atoms with van der Waals surface area (Å²) in [7, 11) is 0. The van der Waals surface area contributed by atoms with Crippen molar-refractivity contribution in [3.63, 3.8) is 0 Å². The second kappa shape index (κ2) is 3.17. The van der Waals surface area contributed by atoms with Gasteiger partial charge in [-0.3, -0.25) is 0 Å². The molecule has 0 aliphatic carbocycles. The van der Waals surface area contributed by atoms with E-state index < -0.39 is 5.95 Å². The number of fused-ring (bicyclic) bond motifs is 1. The molecule has 0 bridgehead atoms. The number of rotatable bonds is 0. The minimum Gasteiger partial charge on any atom is -0.370 e. The molecule has 0 N–H and O–H groups in total. The van der Waals surface area contributed by atoms with Gasteiger partial charge in [0.05, 0.1) is 22.9 Å². The predicted molar refractivity (Wildman–Crippen MR) is 51.8 cm³/mol. The van der Waals surface area contributed by atoms with E-state index in [4.69, 9.17) is 16.3 Å². The number of pyridine rings is 1. The van der Waals surface area contributed by atoms with Crippen LogP contribution in [0.15, 0.2) is 6.07 Å². The number of hydrogen-bond donors (Lipinski definition) is 0. The van der Waals surface area contributed by atoms with E-state index in [1.807, 2.05) is 13.8 Å². The van der Waals surface area contributed by atoms with Crippen molar-refractivity contribution in [2.45, 2.75) is 32.5 Å². The summed E-state index contributed by atoms with van der Waals surface area (Å²) in [5.74, 6) is -0.594. The van der Waals surface area contributed by atoms with Crippen LogP contribution in [-0.4, -0.2) is 10.6 Å². The average molecular weight is 216 g/mol. The molecule has 0 spiro atoms. The molecule has 1 aliphatic heterocycles. The molecule has 4 heteroatoms. The Labute approximate surface area is 87.1 Å². The zero-order valence-corrected chi connectivity index (χ0v) is 8.86. The summed E-state index contributed by atoms with van der Waals surface area (Å²) in [4.78, 5) is 3.83. The van der Waals surface area contributed by atoms with Gasteiger partial charge < -0.3 is 4.74 Å². The number of aromatic nitrogens is 1. The van der Waals surface area contributed by atoms with E-state index in [-0.39, 0.29) is 10.6 Å². The van der Waals surface area contributed by atoms with Crippen molar-refractivity contribution < 1.29 is 9.13 Å². The third kappa shape index (κ3) is 1.74. The van der Waals surface area contributed by atoms with Crippen LogP contribution in [0.3, 0.4) is 0 Å². The molecule has 0 unspecified atom stereocenters. The van der Waals surface area contributed by atoms with Crippen LogP contribution in [-0.2, 0) is 17.8 Å². The normalized spacial score (nSPS) is 19.1. The summed E-state index contributed by atoms with van der Waals surface area (Å²) in [5.41, 5.74) is 1.37. The van der Waals surface area contributed by atoms with Crippen LogP contribution in [0.1, 0.15) is 25.1 Å². The van der Waals surface area contributed by atoms with Crippen LogP contribution in [0.4, 0.5) is 4.39 Å². The second-order valence-corrected chi connectivity index (χ2v) is 4.50. The topological polar surface area (TPSA) is 22.1 Å². The largest absolute Gasteiger partial charge is 0.370 e. The minimum absolute atomic E-state index is 0.0621. The van der Waals surface area contributed by atoms with Crippen molar-refractivity contribution in [1.29, 1.82) is 0 Å². The summed E-state index contributed by atoms with van der Waals surface area (Å²) in [6.45, 7) is 4.38. The fourth-order valence-corrected chi connectivity index (χ4v) is 1.72. The maximum atomic E-state index is 13.1. The molecule has 2 rings (SSSR count). The van der Waals surface area contributed by atoms with Gasteiger partial charge in [-0.15, -0.1) is 0 Å². The summed E-state index contributed by atoms with van der Waals surface area (Å²) in [5, 5.41) is 0.0621. The Balaban J connectivity index is 2.43. The lowest BCUT2D eigenvalue weighted by atomic mass is 9.96. The van der Waals surface area contributed by atoms with Gasteiger partial charge in [-0.1, -0.05) is 11.6 Å². The Kier molecular flexibility index (Phi) is 2.24. The summed E-state index contributed by atoms with van der Waals surface area (Å²) < 4.78 is 18.6. The van der Waals surface area contributed by atoms with Crippen LogP contribution >= 0.6 is 11.6 Å². The van der Waals surface area contributed by atoms with E-state index in [1.165, 1.54) is 0 Å². The molecular weight excluding hydrogens is 205 g/mol.